The number of hydrogen-bond donors (Lipinski definition) is 1. The number of nitrogens with one attached hydrogen (secondary N) is 1. The van der Waals surface area contributed by atoms with Gasteiger partial charge in [-0.25, -0.2) is 0 Å². The van der Waals surface area contributed by atoms with Crippen molar-refractivity contribution in [1.82, 2.24) is 9.55 Å². The molecular weight excluding hydrogens is 276 g/mol. The SMILES string of the molecule is Cc1ccc2[nH]c(=S)n(C3C4(C)CCC(C4)C3(C)C)c2c1. The zero-order chi connectivity index (χ0) is 15.0. The third-order valence-corrected chi connectivity index (χ3v) is 6.62. The first-order valence-electron chi connectivity index (χ1n) is 8.04. The van der Waals surface area contributed by atoms with E-state index in [0.717, 1.165) is 10.7 Å². The molecule has 1 aromatic carbocycles. The summed E-state index contributed by atoms with van der Waals surface area (Å²) in [6, 6.07) is 7.12. The molecule has 1 N–H and O–H groups in total. The van der Waals surface area contributed by atoms with Crippen LogP contribution in [0.5, 0.6) is 0 Å². The van der Waals surface area contributed by atoms with Crippen molar-refractivity contribution in [3.63, 3.8) is 0 Å². The fraction of sp³-hybridized carbons (Fsp3) is 0.611. The molecule has 0 saturated heterocycles. The van der Waals surface area contributed by atoms with Crippen LogP contribution in [0.4, 0.5) is 0 Å². The highest BCUT2D eigenvalue weighted by atomic mass is 32.1. The molecule has 1 heterocycles. The van der Waals surface area contributed by atoms with E-state index in [0.29, 0.717) is 16.9 Å². The zero-order valence-corrected chi connectivity index (χ0v) is 14.2. The second-order valence-electron chi connectivity index (χ2n) is 8.14. The second kappa shape index (κ2) is 4.01. The number of imidazole rings is 1. The Bertz CT molecular complexity index is 777. The Balaban J connectivity index is 2.00. The Morgan fingerprint density at radius 1 is 1.29 bits per heavy atom. The van der Waals surface area contributed by atoms with Crippen molar-refractivity contribution in [2.75, 3.05) is 0 Å². The molecule has 2 aliphatic carbocycles. The number of H-pyrrole nitrogens is 1. The number of fused-ring (bicyclic) bond motifs is 3. The van der Waals surface area contributed by atoms with E-state index in [1.54, 1.807) is 0 Å². The minimum atomic E-state index is 0.324. The third kappa shape index (κ3) is 1.67. The molecule has 4 rings (SSSR count). The van der Waals surface area contributed by atoms with E-state index < -0.39 is 0 Å². The van der Waals surface area contributed by atoms with E-state index in [4.69, 9.17) is 12.2 Å². The smallest absolute Gasteiger partial charge is 0.178 e. The fourth-order valence-corrected chi connectivity index (χ4v) is 5.72. The molecule has 2 aromatic rings. The van der Waals surface area contributed by atoms with Crippen molar-refractivity contribution < 1.29 is 0 Å². The minimum absolute atomic E-state index is 0.324. The van der Waals surface area contributed by atoms with Crippen LogP contribution in [-0.4, -0.2) is 9.55 Å². The predicted molar refractivity (Wildman–Crippen MR) is 90.1 cm³/mol. The fourth-order valence-electron chi connectivity index (χ4n) is 5.41. The van der Waals surface area contributed by atoms with Crippen molar-refractivity contribution >= 4 is 23.3 Å². The highest BCUT2D eigenvalue weighted by Crippen LogP contribution is 2.68. The molecule has 21 heavy (non-hydrogen) atoms. The summed E-state index contributed by atoms with van der Waals surface area (Å²) >= 11 is 5.71. The maximum absolute atomic E-state index is 5.71. The van der Waals surface area contributed by atoms with Crippen LogP contribution in [0.2, 0.25) is 0 Å². The number of nitrogens with zero attached hydrogens (tertiary/aromatic N) is 1. The number of rotatable bonds is 1. The lowest BCUT2D eigenvalue weighted by molar-refractivity contribution is 0.0855. The van der Waals surface area contributed by atoms with Gasteiger partial charge in [0.15, 0.2) is 4.77 Å². The molecule has 2 aliphatic rings. The van der Waals surface area contributed by atoms with E-state index >= 15 is 0 Å². The van der Waals surface area contributed by atoms with Crippen LogP contribution >= 0.6 is 12.2 Å². The average molecular weight is 300 g/mol. The van der Waals surface area contributed by atoms with Crippen molar-refractivity contribution in [3.8, 4) is 0 Å². The molecule has 2 nitrogen and oxygen atoms in total. The summed E-state index contributed by atoms with van der Waals surface area (Å²) < 4.78 is 3.33. The van der Waals surface area contributed by atoms with Gasteiger partial charge in [-0.2, -0.15) is 0 Å². The number of hydrogen-bond acceptors (Lipinski definition) is 1. The van der Waals surface area contributed by atoms with Gasteiger partial charge in [0.2, 0.25) is 0 Å². The Morgan fingerprint density at radius 2 is 2.05 bits per heavy atom. The van der Waals surface area contributed by atoms with E-state index in [-0.39, 0.29) is 0 Å². The molecule has 112 valence electrons. The molecule has 3 atom stereocenters. The van der Waals surface area contributed by atoms with Crippen LogP contribution in [0.25, 0.3) is 11.0 Å². The van der Waals surface area contributed by atoms with Gasteiger partial charge in [0.25, 0.3) is 0 Å². The molecule has 0 spiro atoms. The average Bonchev–Trinajstić information content (AvgIpc) is 2.98. The van der Waals surface area contributed by atoms with Gasteiger partial charge in [0.1, 0.15) is 0 Å². The van der Waals surface area contributed by atoms with E-state index in [1.807, 2.05) is 0 Å². The largest absolute Gasteiger partial charge is 0.331 e. The first-order chi connectivity index (χ1) is 9.83. The molecule has 3 unspecified atom stereocenters. The van der Waals surface area contributed by atoms with Crippen LogP contribution in [0, 0.1) is 28.4 Å². The van der Waals surface area contributed by atoms with Gasteiger partial charge in [0.05, 0.1) is 11.0 Å². The molecule has 2 fully saturated rings. The van der Waals surface area contributed by atoms with Crippen molar-refractivity contribution in [3.05, 3.63) is 28.5 Å². The Hall–Kier alpha value is -1.09. The van der Waals surface area contributed by atoms with Gasteiger partial charge in [-0.05, 0) is 72.8 Å². The summed E-state index contributed by atoms with van der Waals surface area (Å²) in [6.07, 6.45) is 4.08. The maximum Gasteiger partial charge on any atom is 0.178 e. The van der Waals surface area contributed by atoms with Gasteiger partial charge in [-0.1, -0.05) is 26.8 Å². The van der Waals surface area contributed by atoms with Crippen LogP contribution < -0.4 is 0 Å². The lowest BCUT2D eigenvalue weighted by Gasteiger charge is -2.43. The molecule has 0 radical (unpaired) electrons. The minimum Gasteiger partial charge on any atom is -0.331 e. The Kier molecular flexibility index (Phi) is 2.59. The van der Waals surface area contributed by atoms with Crippen LogP contribution in [0.15, 0.2) is 18.2 Å². The highest BCUT2D eigenvalue weighted by molar-refractivity contribution is 7.71. The van der Waals surface area contributed by atoms with Crippen molar-refractivity contribution in [2.45, 2.75) is 53.0 Å². The number of aryl methyl sites for hydroxylation is 1. The molecule has 2 saturated carbocycles. The molecule has 1 aromatic heterocycles. The van der Waals surface area contributed by atoms with Crippen LogP contribution in [0.3, 0.4) is 0 Å². The van der Waals surface area contributed by atoms with Crippen LogP contribution in [0.1, 0.15) is 51.6 Å². The normalized spacial score (nSPS) is 33.9. The molecule has 3 heteroatoms. The quantitative estimate of drug-likeness (QED) is 0.700. The molecular formula is C18H24N2S. The van der Waals surface area contributed by atoms with E-state index in [2.05, 4.69) is 55.4 Å². The number of aromatic nitrogens is 2. The zero-order valence-electron chi connectivity index (χ0n) is 13.4. The predicted octanol–water partition coefficient (Wildman–Crippen LogP) is 5.39. The first-order valence-corrected chi connectivity index (χ1v) is 8.45. The van der Waals surface area contributed by atoms with Gasteiger partial charge >= 0.3 is 0 Å². The molecule has 0 aliphatic heterocycles. The molecule has 2 bridgehead atoms. The van der Waals surface area contributed by atoms with Gasteiger partial charge < -0.3 is 9.55 Å². The summed E-state index contributed by atoms with van der Waals surface area (Å²) in [7, 11) is 0. The summed E-state index contributed by atoms with van der Waals surface area (Å²) in [5.74, 6) is 0.837. The lowest BCUT2D eigenvalue weighted by atomic mass is 9.68. The standard InChI is InChI=1S/C18H24N2S/c1-11-5-6-13-14(9-11)20(16(21)19-13)15-17(2,3)12-7-8-18(15,4)10-12/h5-6,9,12,15H,7-8,10H2,1-4H3,(H,19,21). The van der Waals surface area contributed by atoms with E-state index in [9.17, 15) is 0 Å². The van der Waals surface area contributed by atoms with Gasteiger partial charge in [0, 0.05) is 6.04 Å². The summed E-state index contributed by atoms with van der Waals surface area (Å²) in [5, 5.41) is 0. The summed E-state index contributed by atoms with van der Waals surface area (Å²) in [4.78, 5) is 3.42. The number of aromatic amines is 1. The van der Waals surface area contributed by atoms with Crippen LogP contribution in [-0.2, 0) is 0 Å². The molecule has 0 amide bonds. The lowest BCUT2D eigenvalue weighted by Crippen LogP contribution is -2.37. The van der Waals surface area contributed by atoms with Gasteiger partial charge in [-0.15, -0.1) is 0 Å². The summed E-state index contributed by atoms with van der Waals surface area (Å²) in [5.41, 5.74) is 4.48. The monoisotopic (exact) mass is 300 g/mol. The first kappa shape index (κ1) is 13.6. The number of benzene rings is 1. The Labute approximate surface area is 131 Å². The van der Waals surface area contributed by atoms with Crippen molar-refractivity contribution in [1.29, 1.82) is 0 Å². The maximum atomic E-state index is 5.71. The summed E-state index contributed by atoms with van der Waals surface area (Å²) in [6.45, 7) is 9.53. The topological polar surface area (TPSA) is 20.7 Å². The second-order valence-corrected chi connectivity index (χ2v) is 8.53. The third-order valence-electron chi connectivity index (χ3n) is 6.33. The van der Waals surface area contributed by atoms with Crippen molar-refractivity contribution in [2.24, 2.45) is 16.7 Å². The Morgan fingerprint density at radius 3 is 2.71 bits per heavy atom. The van der Waals surface area contributed by atoms with E-state index in [1.165, 1.54) is 35.9 Å². The highest BCUT2D eigenvalue weighted by Gasteiger charge is 2.60. The van der Waals surface area contributed by atoms with Gasteiger partial charge in [-0.3, -0.25) is 0 Å².